The summed E-state index contributed by atoms with van der Waals surface area (Å²) in [6, 6.07) is 6.09. The number of hydrogen-bond acceptors (Lipinski definition) is 3. The third-order valence-corrected chi connectivity index (χ3v) is 3.11. The van der Waals surface area contributed by atoms with Crippen molar-refractivity contribution in [3.8, 4) is 0 Å². The number of carbonyl (C=O) groups is 1. The molecule has 0 saturated carbocycles. The van der Waals surface area contributed by atoms with E-state index in [1.165, 1.54) is 5.56 Å². The molecule has 1 unspecified atom stereocenters. The van der Waals surface area contributed by atoms with Gasteiger partial charge in [-0.15, -0.1) is 0 Å². The number of rotatable bonds is 5. The van der Waals surface area contributed by atoms with Crippen molar-refractivity contribution in [3.05, 3.63) is 23.8 Å². The summed E-state index contributed by atoms with van der Waals surface area (Å²) < 4.78 is 5.11. The molecule has 4 nitrogen and oxygen atoms in total. The monoisotopic (exact) mass is 248 g/mol. The SMILES string of the molecule is COCC(C)CNc1ccc2c(c1)CCC(=O)N2. The number of aryl methyl sites for hydroxylation is 1. The molecule has 0 saturated heterocycles. The molecule has 0 aromatic heterocycles. The summed E-state index contributed by atoms with van der Waals surface area (Å²) in [5, 5.41) is 6.28. The van der Waals surface area contributed by atoms with E-state index in [2.05, 4.69) is 23.6 Å². The average molecular weight is 248 g/mol. The van der Waals surface area contributed by atoms with Crippen molar-refractivity contribution in [1.29, 1.82) is 0 Å². The number of methoxy groups -OCH3 is 1. The second kappa shape index (κ2) is 5.87. The Morgan fingerprint density at radius 2 is 2.28 bits per heavy atom. The highest BCUT2D eigenvalue weighted by Gasteiger charge is 2.14. The summed E-state index contributed by atoms with van der Waals surface area (Å²) in [5.74, 6) is 0.586. The molecule has 2 N–H and O–H groups in total. The molecule has 0 spiro atoms. The van der Waals surface area contributed by atoms with Gasteiger partial charge in [0.15, 0.2) is 0 Å². The van der Waals surface area contributed by atoms with E-state index in [1.807, 2.05) is 12.1 Å². The summed E-state index contributed by atoms with van der Waals surface area (Å²) in [7, 11) is 1.72. The fourth-order valence-corrected chi connectivity index (χ4v) is 2.13. The molecule has 0 fully saturated rings. The first kappa shape index (κ1) is 12.9. The van der Waals surface area contributed by atoms with Gasteiger partial charge in [-0.05, 0) is 36.1 Å². The number of anilines is 2. The maximum Gasteiger partial charge on any atom is 0.224 e. The third kappa shape index (κ3) is 3.23. The Bertz CT molecular complexity index is 432. The first-order valence-electron chi connectivity index (χ1n) is 6.34. The highest BCUT2D eigenvalue weighted by Crippen LogP contribution is 2.25. The Hall–Kier alpha value is -1.55. The molecule has 2 rings (SSSR count). The van der Waals surface area contributed by atoms with Gasteiger partial charge in [-0.25, -0.2) is 0 Å². The van der Waals surface area contributed by atoms with Gasteiger partial charge in [0.2, 0.25) is 5.91 Å². The molecule has 1 atom stereocenters. The van der Waals surface area contributed by atoms with Crippen LogP contribution in [0.2, 0.25) is 0 Å². The predicted octanol–water partition coefficient (Wildman–Crippen LogP) is 2.27. The number of hydrogen-bond donors (Lipinski definition) is 2. The predicted molar refractivity (Wildman–Crippen MR) is 72.9 cm³/mol. The van der Waals surface area contributed by atoms with Crippen LogP contribution in [0.4, 0.5) is 11.4 Å². The lowest BCUT2D eigenvalue weighted by molar-refractivity contribution is -0.116. The van der Waals surface area contributed by atoms with E-state index in [1.54, 1.807) is 7.11 Å². The zero-order chi connectivity index (χ0) is 13.0. The van der Waals surface area contributed by atoms with Crippen LogP contribution in [-0.4, -0.2) is 26.2 Å². The highest BCUT2D eigenvalue weighted by atomic mass is 16.5. The van der Waals surface area contributed by atoms with Gasteiger partial charge in [0, 0.05) is 31.5 Å². The lowest BCUT2D eigenvalue weighted by Crippen LogP contribution is -2.19. The van der Waals surface area contributed by atoms with Gasteiger partial charge in [-0.1, -0.05) is 6.92 Å². The maximum absolute atomic E-state index is 11.3. The molecule has 98 valence electrons. The zero-order valence-electron chi connectivity index (χ0n) is 11.0. The summed E-state index contributed by atoms with van der Waals surface area (Å²) in [6.07, 6.45) is 1.40. The van der Waals surface area contributed by atoms with Crippen LogP contribution in [0.1, 0.15) is 18.9 Å². The molecule has 1 aromatic carbocycles. The van der Waals surface area contributed by atoms with Gasteiger partial charge in [-0.2, -0.15) is 0 Å². The summed E-state index contributed by atoms with van der Waals surface area (Å²) >= 11 is 0. The van der Waals surface area contributed by atoms with E-state index in [-0.39, 0.29) is 5.91 Å². The first-order valence-corrected chi connectivity index (χ1v) is 6.34. The van der Waals surface area contributed by atoms with Gasteiger partial charge in [0.05, 0.1) is 6.61 Å². The normalized spacial score (nSPS) is 15.8. The standard InChI is InChI=1S/C14H20N2O2/c1-10(9-18-2)8-15-12-4-5-13-11(7-12)3-6-14(17)16-13/h4-5,7,10,15H,3,6,8-9H2,1-2H3,(H,16,17). The molecule has 1 heterocycles. The zero-order valence-corrected chi connectivity index (χ0v) is 11.0. The van der Waals surface area contributed by atoms with Crippen molar-refractivity contribution in [2.75, 3.05) is 30.9 Å². The minimum Gasteiger partial charge on any atom is -0.385 e. The molecule has 1 aromatic rings. The molecule has 0 radical (unpaired) electrons. The molecule has 4 heteroatoms. The fraction of sp³-hybridized carbons (Fsp3) is 0.500. The van der Waals surface area contributed by atoms with E-state index in [0.29, 0.717) is 12.3 Å². The van der Waals surface area contributed by atoms with E-state index in [9.17, 15) is 4.79 Å². The first-order chi connectivity index (χ1) is 8.69. The van der Waals surface area contributed by atoms with Gasteiger partial charge in [0.1, 0.15) is 0 Å². The van der Waals surface area contributed by atoms with Gasteiger partial charge in [0.25, 0.3) is 0 Å². The van der Waals surface area contributed by atoms with E-state index in [4.69, 9.17) is 4.74 Å². The van der Waals surface area contributed by atoms with Crippen LogP contribution in [0.25, 0.3) is 0 Å². The van der Waals surface area contributed by atoms with Crippen molar-refractivity contribution in [2.24, 2.45) is 5.92 Å². The number of carbonyl (C=O) groups excluding carboxylic acids is 1. The van der Waals surface area contributed by atoms with Crippen molar-refractivity contribution in [1.82, 2.24) is 0 Å². The minimum atomic E-state index is 0.108. The Morgan fingerprint density at radius 3 is 3.06 bits per heavy atom. The molecule has 1 aliphatic heterocycles. The summed E-state index contributed by atoms with van der Waals surface area (Å²) in [4.78, 5) is 11.3. The Kier molecular flexibility index (Phi) is 4.20. The minimum absolute atomic E-state index is 0.108. The van der Waals surface area contributed by atoms with Crippen molar-refractivity contribution in [3.63, 3.8) is 0 Å². The molecular formula is C14H20N2O2. The third-order valence-electron chi connectivity index (χ3n) is 3.11. The number of ether oxygens (including phenoxy) is 1. The molecule has 18 heavy (non-hydrogen) atoms. The number of benzene rings is 1. The van der Waals surface area contributed by atoms with Gasteiger partial charge in [-0.3, -0.25) is 4.79 Å². The molecular weight excluding hydrogens is 228 g/mol. The fourth-order valence-electron chi connectivity index (χ4n) is 2.13. The van der Waals surface area contributed by atoms with Crippen LogP contribution in [0.15, 0.2) is 18.2 Å². The van der Waals surface area contributed by atoms with Crippen molar-refractivity contribution in [2.45, 2.75) is 19.8 Å². The van der Waals surface area contributed by atoms with Gasteiger partial charge < -0.3 is 15.4 Å². The largest absolute Gasteiger partial charge is 0.385 e. The van der Waals surface area contributed by atoms with Crippen LogP contribution in [0.3, 0.4) is 0 Å². The van der Waals surface area contributed by atoms with Crippen molar-refractivity contribution < 1.29 is 9.53 Å². The van der Waals surface area contributed by atoms with Crippen LogP contribution >= 0.6 is 0 Å². The lowest BCUT2D eigenvalue weighted by Gasteiger charge is -2.19. The highest BCUT2D eigenvalue weighted by molar-refractivity contribution is 5.94. The van der Waals surface area contributed by atoms with E-state index < -0.39 is 0 Å². The summed E-state index contributed by atoms with van der Waals surface area (Å²) in [5.41, 5.74) is 3.26. The Balaban J connectivity index is 1.97. The number of fused-ring (bicyclic) bond motifs is 1. The molecule has 0 bridgehead atoms. The lowest BCUT2D eigenvalue weighted by atomic mass is 10.0. The van der Waals surface area contributed by atoms with Gasteiger partial charge >= 0.3 is 0 Å². The van der Waals surface area contributed by atoms with Crippen LogP contribution in [0.5, 0.6) is 0 Å². The van der Waals surface area contributed by atoms with E-state index in [0.717, 1.165) is 30.9 Å². The summed E-state index contributed by atoms with van der Waals surface area (Å²) in [6.45, 7) is 3.79. The smallest absolute Gasteiger partial charge is 0.224 e. The Morgan fingerprint density at radius 1 is 1.44 bits per heavy atom. The second-order valence-electron chi connectivity index (χ2n) is 4.86. The molecule has 0 aliphatic carbocycles. The number of amides is 1. The second-order valence-corrected chi connectivity index (χ2v) is 4.86. The van der Waals surface area contributed by atoms with E-state index >= 15 is 0 Å². The average Bonchev–Trinajstić information content (AvgIpc) is 2.36. The Labute approximate surface area is 108 Å². The number of nitrogens with one attached hydrogen (secondary N) is 2. The topological polar surface area (TPSA) is 50.4 Å². The molecule has 1 amide bonds. The van der Waals surface area contributed by atoms with Crippen LogP contribution in [-0.2, 0) is 16.0 Å². The molecule has 1 aliphatic rings. The van der Waals surface area contributed by atoms with Crippen LogP contribution in [0, 0.1) is 5.92 Å². The maximum atomic E-state index is 11.3. The van der Waals surface area contributed by atoms with Crippen LogP contribution < -0.4 is 10.6 Å². The van der Waals surface area contributed by atoms with Crippen molar-refractivity contribution >= 4 is 17.3 Å². The quantitative estimate of drug-likeness (QED) is 0.840.